The van der Waals surface area contributed by atoms with Crippen LogP contribution in [-0.4, -0.2) is 22.9 Å². The van der Waals surface area contributed by atoms with E-state index in [1.165, 1.54) is 6.92 Å². The number of anilines is 2. The van der Waals surface area contributed by atoms with Gasteiger partial charge in [0.1, 0.15) is 11.6 Å². The average molecular weight is 302 g/mol. The van der Waals surface area contributed by atoms with Gasteiger partial charge in [-0.3, -0.25) is 4.79 Å². The minimum atomic E-state index is -0.0665. The maximum Gasteiger partial charge on any atom is 0.221 e. The second kappa shape index (κ2) is 7.08. The Kier molecular flexibility index (Phi) is 5.16. The maximum absolute atomic E-state index is 11.0. The summed E-state index contributed by atoms with van der Waals surface area (Å²) in [5.74, 6) is 2.27. The fourth-order valence-corrected chi connectivity index (χ4v) is 2.56. The van der Waals surface area contributed by atoms with Crippen LogP contribution in [0, 0.1) is 6.92 Å². The van der Waals surface area contributed by atoms with Crippen LogP contribution in [0.15, 0.2) is 35.2 Å². The highest BCUT2D eigenvalue weighted by Crippen LogP contribution is 2.23. The topological polar surface area (TPSA) is 66.9 Å². The summed E-state index contributed by atoms with van der Waals surface area (Å²) in [5.41, 5.74) is 1.75. The van der Waals surface area contributed by atoms with Crippen molar-refractivity contribution in [3.8, 4) is 0 Å². The summed E-state index contributed by atoms with van der Waals surface area (Å²) in [5, 5.41) is 5.78. The van der Waals surface area contributed by atoms with Crippen molar-refractivity contribution in [1.82, 2.24) is 9.97 Å². The van der Waals surface area contributed by atoms with Gasteiger partial charge in [0.05, 0.1) is 5.75 Å². The lowest BCUT2D eigenvalue weighted by atomic mass is 10.3. The van der Waals surface area contributed by atoms with Crippen LogP contribution >= 0.6 is 11.8 Å². The van der Waals surface area contributed by atoms with Crippen LogP contribution < -0.4 is 10.6 Å². The molecule has 5 nitrogen and oxygen atoms in total. The number of aryl methyl sites for hydroxylation is 1. The van der Waals surface area contributed by atoms with Gasteiger partial charge in [-0.1, -0.05) is 0 Å². The Morgan fingerprint density at radius 2 is 1.95 bits per heavy atom. The molecule has 0 saturated heterocycles. The van der Waals surface area contributed by atoms with Crippen LogP contribution in [0.2, 0.25) is 0 Å². The quantitative estimate of drug-likeness (QED) is 0.831. The van der Waals surface area contributed by atoms with Gasteiger partial charge in [-0.15, -0.1) is 11.8 Å². The summed E-state index contributed by atoms with van der Waals surface area (Å²) in [4.78, 5) is 20.9. The Bertz CT molecular complexity index is 628. The highest BCUT2D eigenvalue weighted by Gasteiger charge is 2.03. The molecule has 0 aliphatic rings. The molecule has 0 unspecified atom stereocenters. The minimum Gasteiger partial charge on any atom is -0.373 e. The molecule has 0 aliphatic carbocycles. The Labute approximate surface area is 128 Å². The van der Waals surface area contributed by atoms with Crippen molar-refractivity contribution in [3.05, 3.63) is 41.9 Å². The molecule has 1 aromatic carbocycles. The number of hydrogen-bond donors (Lipinski definition) is 2. The lowest BCUT2D eigenvalue weighted by Gasteiger charge is -2.06. The third-order valence-electron chi connectivity index (χ3n) is 2.70. The van der Waals surface area contributed by atoms with Crippen molar-refractivity contribution < 1.29 is 4.79 Å². The molecular weight excluding hydrogens is 284 g/mol. The van der Waals surface area contributed by atoms with Crippen LogP contribution in [-0.2, 0) is 10.5 Å². The SMILES string of the molecule is CNc1cc(C)nc(CSc2ccc(NC(C)=O)cc2)n1. The Morgan fingerprint density at radius 3 is 2.57 bits per heavy atom. The van der Waals surface area contributed by atoms with Gasteiger partial charge in [-0.2, -0.15) is 0 Å². The van der Waals surface area contributed by atoms with Gasteiger partial charge >= 0.3 is 0 Å². The van der Waals surface area contributed by atoms with E-state index < -0.39 is 0 Å². The lowest BCUT2D eigenvalue weighted by Crippen LogP contribution is -2.05. The highest BCUT2D eigenvalue weighted by atomic mass is 32.2. The predicted molar refractivity (Wildman–Crippen MR) is 86.6 cm³/mol. The molecule has 21 heavy (non-hydrogen) atoms. The molecular formula is C15H18N4OS. The third-order valence-corrected chi connectivity index (χ3v) is 3.71. The smallest absolute Gasteiger partial charge is 0.221 e. The van der Waals surface area contributed by atoms with E-state index in [0.29, 0.717) is 5.75 Å². The zero-order valence-corrected chi connectivity index (χ0v) is 13.1. The lowest BCUT2D eigenvalue weighted by molar-refractivity contribution is -0.114. The molecule has 0 bridgehead atoms. The van der Waals surface area contributed by atoms with Crippen LogP contribution in [0.3, 0.4) is 0 Å². The van der Waals surface area contributed by atoms with Crippen molar-refractivity contribution in [2.45, 2.75) is 24.5 Å². The number of amides is 1. The van der Waals surface area contributed by atoms with Gasteiger partial charge in [0.15, 0.2) is 0 Å². The van der Waals surface area contributed by atoms with E-state index >= 15 is 0 Å². The Morgan fingerprint density at radius 1 is 1.24 bits per heavy atom. The first-order valence-corrected chi connectivity index (χ1v) is 7.58. The molecule has 0 saturated carbocycles. The predicted octanol–water partition coefficient (Wildman–Crippen LogP) is 3.08. The number of carbonyl (C=O) groups is 1. The van der Waals surface area contributed by atoms with Crippen LogP contribution in [0.4, 0.5) is 11.5 Å². The molecule has 2 aromatic rings. The number of nitrogens with one attached hydrogen (secondary N) is 2. The number of carbonyl (C=O) groups excluding carboxylic acids is 1. The molecule has 0 atom stereocenters. The third kappa shape index (κ3) is 4.75. The average Bonchev–Trinajstić information content (AvgIpc) is 2.45. The van der Waals surface area contributed by atoms with E-state index in [0.717, 1.165) is 27.9 Å². The van der Waals surface area contributed by atoms with E-state index in [1.54, 1.807) is 11.8 Å². The van der Waals surface area contributed by atoms with Gasteiger partial charge in [0.25, 0.3) is 0 Å². The number of nitrogens with zero attached hydrogens (tertiary/aromatic N) is 2. The molecule has 0 radical (unpaired) electrons. The summed E-state index contributed by atoms with van der Waals surface area (Å²) in [6.45, 7) is 3.45. The summed E-state index contributed by atoms with van der Waals surface area (Å²) in [6, 6.07) is 9.64. The zero-order valence-electron chi connectivity index (χ0n) is 12.3. The Balaban J connectivity index is 1.99. The van der Waals surface area contributed by atoms with E-state index in [1.807, 2.05) is 44.3 Å². The highest BCUT2D eigenvalue weighted by molar-refractivity contribution is 7.98. The molecule has 1 amide bonds. The van der Waals surface area contributed by atoms with Crippen molar-refractivity contribution >= 4 is 29.2 Å². The Hall–Kier alpha value is -2.08. The van der Waals surface area contributed by atoms with Crippen LogP contribution in [0.1, 0.15) is 18.4 Å². The molecule has 0 aliphatic heterocycles. The molecule has 2 N–H and O–H groups in total. The number of aromatic nitrogens is 2. The standard InChI is InChI=1S/C15H18N4OS/c1-10-8-14(16-3)19-15(17-10)9-21-13-6-4-12(5-7-13)18-11(2)20/h4-8H,9H2,1-3H3,(H,18,20)(H,16,17,19). The van der Waals surface area contributed by atoms with Crippen molar-refractivity contribution in [3.63, 3.8) is 0 Å². The molecule has 6 heteroatoms. The van der Waals surface area contributed by atoms with E-state index in [-0.39, 0.29) is 5.91 Å². The molecule has 1 heterocycles. The van der Waals surface area contributed by atoms with Gasteiger partial charge in [-0.05, 0) is 31.2 Å². The zero-order chi connectivity index (χ0) is 15.2. The molecule has 110 valence electrons. The summed E-state index contributed by atoms with van der Waals surface area (Å²) in [7, 11) is 1.85. The van der Waals surface area contributed by atoms with E-state index in [4.69, 9.17) is 0 Å². The minimum absolute atomic E-state index is 0.0665. The second-order valence-electron chi connectivity index (χ2n) is 4.56. The summed E-state index contributed by atoms with van der Waals surface area (Å²) in [6.07, 6.45) is 0. The molecule has 0 spiro atoms. The van der Waals surface area contributed by atoms with Gasteiger partial charge in [0, 0.05) is 36.3 Å². The van der Waals surface area contributed by atoms with Crippen LogP contribution in [0.5, 0.6) is 0 Å². The van der Waals surface area contributed by atoms with E-state index in [9.17, 15) is 4.79 Å². The first kappa shape index (κ1) is 15.3. The summed E-state index contributed by atoms with van der Waals surface area (Å²) >= 11 is 1.66. The number of rotatable bonds is 5. The number of thioether (sulfide) groups is 1. The van der Waals surface area contributed by atoms with Gasteiger partial charge in [-0.25, -0.2) is 9.97 Å². The molecule has 2 rings (SSSR count). The number of hydrogen-bond acceptors (Lipinski definition) is 5. The van der Waals surface area contributed by atoms with Gasteiger partial charge in [0.2, 0.25) is 5.91 Å². The monoisotopic (exact) mass is 302 g/mol. The van der Waals surface area contributed by atoms with Crippen molar-refractivity contribution in [2.24, 2.45) is 0 Å². The van der Waals surface area contributed by atoms with E-state index in [2.05, 4.69) is 20.6 Å². The summed E-state index contributed by atoms with van der Waals surface area (Å²) < 4.78 is 0. The fourth-order valence-electron chi connectivity index (χ4n) is 1.81. The largest absolute Gasteiger partial charge is 0.373 e. The normalized spacial score (nSPS) is 10.2. The molecule has 0 fully saturated rings. The number of benzene rings is 1. The van der Waals surface area contributed by atoms with Gasteiger partial charge < -0.3 is 10.6 Å². The van der Waals surface area contributed by atoms with Crippen molar-refractivity contribution in [1.29, 1.82) is 0 Å². The first-order valence-electron chi connectivity index (χ1n) is 6.59. The van der Waals surface area contributed by atoms with Crippen LogP contribution in [0.25, 0.3) is 0 Å². The first-order chi connectivity index (χ1) is 10.1. The second-order valence-corrected chi connectivity index (χ2v) is 5.60. The van der Waals surface area contributed by atoms with Crippen molar-refractivity contribution in [2.75, 3.05) is 17.7 Å². The maximum atomic E-state index is 11.0. The fraction of sp³-hybridized carbons (Fsp3) is 0.267. The molecule has 1 aromatic heterocycles.